The molecule has 0 bridgehead atoms. The first kappa shape index (κ1) is 21.5. The molecule has 0 amide bonds. The molecule has 1 fully saturated rings. The first-order valence-corrected chi connectivity index (χ1v) is 11.5. The summed E-state index contributed by atoms with van der Waals surface area (Å²) < 4.78 is 6.33. The highest BCUT2D eigenvalue weighted by Crippen LogP contribution is 2.65. The van der Waals surface area contributed by atoms with Crippen molar-refractivity contribution in [2.75, 3.05) is 6.61 Å². The van der Waals surface area contributed by atoms with Gasteiger partial charge in [-0.05, 0) is 82.4 Å². The van der Waals surface area contributed by atoms with Crippen LogP contribution in [0, 0.1) is 22.2 Å². The lowest BCUT2D eigenvalue weighted by Gasteiger charge is -2.53. The third kappa shape index (κ3) is 2.82. The van der Waals surface area contributed by atoms with Gasteiger partial charge in [-0.1, -0.05) is 31.6 Å². The number of ketones is 1. The van der Waals surface area contributed by atoms with E-state index in [0.717, 1.165) is 37.7 Å². The van der Waals surface area contributed by atoms with Crippen LogP contribution in [-0.4, -0.2) is 29.1 Å². The maximum absolute atomic E-state index is 12.9. The molecule has 4 nitrogen and oxygen atoms in total. The Labute approximate surface area is 180 Å². The van der Waals surface area contributed by atoms with Gasteiger partial charge in [0, 0.05) is 17.3 Å². The molecule has 0 aromatic rings. The van der Waals surface area contributed by atoms with E-state index >= 15 is 0 Å². The number of aliphatic hydroxyl groups excluding tert-OH is 1. The Balaban J connectivity index is 1.80. The fraction of sp³-hybridized carbons (Fsp3) is 0.692. The summed E-state index contributed by atoms with van der Waals surface area (Å²) >= 11 is 0. The van der Waals surface area contributed by atoms with Gasteiger partial charge in [-0.25, -0.2) is 0 Å². The van der Waals surface area contributed by atoms with E-state index in [9.17, 15) is 14.7 Å². The molecule has 0 radical (unpaired) electrons. The van der Waals surface area contributed by atoms with Crippen LogP contribution >= 0.6 is 0 Å². The number of ether oxygens (including phenoxy) is 1. The van der Waals surface area contributed by atoms with Gasteiger partial charge in [0.25, 0.3) is 0 Å². The highest BCUT2D eigenvalue weighted by atomic mass is 16.6. The number of aliphatic hydroxyl groups is 1. The van der Waals surface area contributed by atoms with Crippen molar-refractivity contribution < 1.29 is 19.4 Å². The summed E-state index contributed by atoms with van der Waals surface area (Å²) in [5.74, 6) is 0.275. The van der Waals surface area contributed by atoms with E-state index < -0.39 is 11.0 Å². The molecular formula is C26H36O4. The maximum atomic E-state index is 12.9. The third-order valence-corrected chi connectivity index (χ3v) is 8.68. The Morgan fingerprint density at radius 2 is 1.93 bits per heavy atom. The van der Waals surface area contributed by atoms with Gasteiger partial charge < -0.3 is 9.84 Å². The second-order valence-electron chi connectivity index (χ2n) is 11.1. The molecule has 0 heterocycles. The molecule has 0 aromatic heterocycles. The molecule has 4 heteroatoms. The van der Waals surface area contributed by atoms with E-state index in [2.05, 4.69) is 26.0 Å². The number of carbonyl (C=O) groups excluding carboxylic acids is 2. The number of esters is 1. The summed E-state index contributed by atoms with van der Waals surface area (Å²) in [4.78, 5) is 24.9. The standard InChI is InChI=1S/C26H36O4/c1-6-26(30-22(29)23(2,3)4)14-11-20-19-8-7-17-15-18(28)9-13-25(17,16-27)21(19)10-12-24(20,26)5/h7-8,15,21,27H,6,9-14,16H2,1-5H3/t21-,24-,25+,26+/m0/s1. The predicted molar refractivity (Wildman–Crippen MR) is 117 cm³/mol. The monoisotopic (exact) mass is 412 g/mol. The maximum Gasteiger partial charge on any atom is 0.311 e. The highest BCUT2D eigenvalue weighted by Gasteiger charge is 2.61. The second-order valence-corrected chi connectivity index (χ2v) is 11.1. The van der Waals surface area contributed by atoms with Crippen molar-refractivity contribution in [1.29, 1.82) is 0 Å². The van der Waals surface area contributed by atoms with Crippen LogP contribution in [0.1, 0.15) is 79.6 Å². The lowest BCUT2D eigenvalue weighted by Crippen LogP contribution is -2.51. The Morgan fingerprint density at radius 3 is 2.57 bits per heavy atom. The summed E-state index contributed by atoms with van der Waals surface area (Å²) in [5.41, 5.74) is 2.22. The molecule has 4 rings (SSSR count). The topological polar surface area (TPSA) is 63.6 Å². The minimum atomic E-state index is -0.522. The van der Waals surface area contributed by atoms with E-state index in [-0.39, 0.29) is 35.1 Å². The van der Waals surface area contributed by atoms with Crippen LogP contribution in [0.15, 0.2) is 34.9 Å². The fourth-order valence-electron chi connectivity index (χ4n) is 6.65. The van der Waals surface area contributed by atoms with Gasteiger partial charge in [-0.3, -0.25) is 9.59 Å². The number of hydrogen-bond donors (Lipinski definition) is 1. The van der Waals surface area contributed by atoms with E-state index in [1.165, 1.54) is 11.1 Å². The van der Waals surface area contributed by atoms with E-state index in [0.29, 0.717) is 12.8 Å². The number of hydrogen-bond acceptors (Lipinski definition) is 4. The Morgan fingerprint density at radius 1 is 1.20 bits per heavy atom. The van der Waals surface area contributed by atoms with Crippen LogP contribution in [0.25, 0.3) is 0 Å². The molecule has 0 aromatic carbocycles. The van der Waals surface area contributed by atoms with Gasteiger partial charge in [0.2, 0.25) is 0 Å². The molecule has 164 valence electrons. The van der Waals surface area contributed by atoms with Crippen LogP contribution < -0.4 is 0 Å². The first-order chi connectivity index (χ1) is 14.0. The Kier molecular flexibility index (Phi) is 4.97. The van der Waals surface area contributed by atoms with Crippen molar-refractivity contribution >= 4 is 11.8 Å². The molecule has 4 atom stereocenters. The van der Waals surface area contributed by atoms with E-state index in [4.69, 9.17) is 4.74 Å². The summed E-state index contributed by atoms with van der Waals surface area (Å²) in [6, 6.07) is 0. The number of carbonyl (C=O) groups is 2. The lowest BCUT2D eigenvalue weighted by atomic mass is 9.52. The van der Waals surface area contributed by atoms with Gasteiger partial charge in [-0.15, -0.1) is 0 Å². The fourth-order valence-corrected chi connectivity index (χ4v) is 6.65. The van der Waals surface area contributed by atoms with Crippen LogP contribution in [0.2, 0.25) is 0 Å². The summed E-state index contributed by atoms with van der Waals surface area (Å²) in [6.45, 7) is 10.2. The van der Waals surface area contributed by atoms with Gasteiger partial charge in [0.1, 0.15) is 5.60 Å². The SMILES string of the molecule is CC[C@@]1(OC(=O)C(C)(C)C)CCC2=C3C=CC4=CC(=O)CC[C@]4(CO)[C@H]3CC[C@@]21C. The average Bonchev–Trinajstić information content (AvgIpc) is 2.99. The number of allylic oxidation sites excluding steroid dienone is 4. The number of rotatable bonds is 3. The highest BCUT2D eigenvalue weighted by molar-refractivity contribution is 5.92. The van der Waals surface area contributed by atoms with Crippen molar-refractivity contribution in [3.63, 3.8) is 0 Å². The van der Waals surface area contributed by atoms with Gasteiger partial charge in [0.05, 0.1) is 12.0 Å². The molecule has 0 unspecified atom stereocenters. The summed E-state index contributed by atoms with van der Waals surface area (Å²) in [5, 5.41) is 10.5. The van der Waals surface area contributed by atoms with Crippen LogP contribution in [0.3, 0.4) is 0 Å². The molecule has 0 saturated heterocycles. The Bertz CT molecular complexity index is 870. The quantitative estimate of drug-likeness (QED) is 0.658. The van der Waals surface area contributed by atoms with E-state index in [1.807, 2.05) is 20.8 Å². The van der Waals surface area contributed by atoms with Gasteiger partial charge in [0.15, 0.2) is 5.78 Å². The minimum Gasteiger partial charge on any atom is -0.458 e. The Hall–Kier alpha value is -1.68. The molecular weight excluding hydrogens is 376 g/mol. The summed E-state index contributed by atoms with van der Waals surface area (Å²) in [7, 11) is 0. The van der Waals surface area contributed by atoms with Crippen LogP contribution in [0.4, 0.5) is 0 Å². The molecule has 0 aliphatic heterocycles. The molecule has 4 aliphatic rings. The molecule has 30 heavy (non-hydrogen) atoms. The summed E-state index contributed by atoms with van der Waals surface area (Å²) in [6.07, 6.45) is 11.7. The zero-order chi connectivity index (χ0) is 21.9. The van der Waals surface area contributed by atoms with Crippen LogP contribution in [0.5, 0.6) is 0 Å². The lowest BCUT2D eigenvalue weighted by molar-refractivity contribution is -0.181. The van der Waals surface area contributed by atoms with E-state index in [1.54, 1.807) is 6.08 Å². The second kappa shape index (κ2) is 6.91. The normalized spacial score (nSPS) is 38.0. The zero-order valence-electron chi connectivity index (χ0n) is 19.1. The predicted octanol–water partition coefficient (Wildman–Crippen LogP) is 5.07. The zero-order valence-corrected chi connectivity index (χ0v) is 19.1. The average molecular weight is 413 g/mol. The molecule has 4 aliphatic carbocycles. The van der Waals surface area contributed by atoms with Crippen molar-refractivity contribution in [3.8, 4) is 0 Å². The van der Waals surface area contributed by atoms with Crippen molar-refractivity contribution in [2.24, 2.45) is 22.2 Å². The van der Waals surface area contributed by atoms with Gasteiger partial charge >= 0.3 is 5.97 Å². The van der Waals surface area contributed by atoms with Gasteiger partial charge in [-0.2, -0.15) is 0 Å². The molecule has 1 N–H and O–H groups in total. The van der Waals surface area contributed by atoms with Crippen LogP contribution in [-0.2, 0) is 14.3 Å². The molecule has 0 spiro atoms. The first-order valence-electron chi connectivity index (χ1n) is 11.5. The van der Waals surface area contributed by atoms with Crippen molar-refractivity contribution in [1.82, 2.24) is 0 Å². The number of fused-ring (bicyclic) bond motifs is 4. The smallest absolute Gasteiger partial charge is 0.311 e. The largest absolute Gasteiger partial charge is 0.458 e. The third-order valence-electron chi connectivity index (χ3n) is 8.68. The van der Waals surface area contributed by atoms with Crippen molar-refractivity contribution in [3.05, 3.63) is 34.9 Å². The van der Waals surface area contributed by atoms with Crippen molar-refractivity contribution in [2.45, 2.75) is 85.2 Å². The molecule has 1 saturated carbocycles. The minimum absolute atomic E-state index is 0.0759.